The molecule has 0 nitrogen and oxygen atoms in total. The lowest BCUT2D eigenvalue weighted by atomic mass is 9.91. The van der Waals surface area contributed by atoms with Crippen LogP contribution in [0.4, 0.5) is 0 Å². The molecule has 0 aromatic heterocycles. The molecule has 0 saturated heterocycles. The molecule has 0 aromatic carbocycles. The van der Waals surface area contributed by atoms with Gasteiger partial charge in [-0.05, 0) is 13.8 Å². The van der Waals surface area contributed by atoms with Gasteiger partial charge in [0.1, 0.15) is 0 Å². The van der Waals surface area contributed by atoms with Crippen LogP contribution in [-0.4, -0.2) is 0 Å². The molecule has 0 saturated carbocycles. The van der Waals surface area contributed by atoms with E-state index in [1.807, 2.05) is 0 Å². The molecule has 64 valence electrons. The molecular formula is C13H12. The molecule has 0 amide bonds. The Morgan fingerprint density at radius 2 is 1.69 bits per heavy atom. The van der Waals surface area contributed by atoms with Crippen LogP contribution in [0.5, 0.6) is 0 Å². The Hall–Kier alpha value is -1.76. The van der Waals surface area contributed by atoms with Crippen molar-refractivity contribution in [1.82, 2.24) is 0 Å². The smallest absolute Gasteiger partial charge is 0.0954 e. The van der Waals surface area contributed by atoms with E-state index in [-0.39, 0.29) is 11.8 Å². The Morgan fingerprint density at radius 3 is 2.08 bits per heavy atom. The van der Waals surface area contributed by atoms with Crippen LogP contribution in [0, 0.1) is 60.2 Å². The summed E-state index contributed by atoms with van der Waals surface area (Å²) in [6.45, 7) is 3.53. The van der Waals surface area contributed by atoms with Gasteiger partial charge in [0.15, 0.2) is 0 Å². The van der Waals surface area contributed by atoms with Crippen molar-refractivity contribution in [2.75, 3.05) is 0 Å². The standard InChI is InChI=1S/C13H12/c1-5-9-12(8-4)13(10-6-2)11-7-3/h2,4,12-13H,10H2,1,3H3. The molecule has 2 atom stereocenters. The Morgan fingerprint density at radius 1 is 1.08 bits per heavy atom. The zero-order valence-corrected chi connectivity index (χ0v) is 8.02. The van der Waals surface area contributed by atoms with Gasteiger partial charge in [0.05, 0.1) is 11.8 Å². The predicted octanol–water partition coefficient (Wildman–Crippen LogP) is 1.92. The zero-order valence-electron chi connectivity index (χ0n) is 8.02. The highest BCUT2D eigenvalue weighted by Crippen LogP contribution is 2.13. The van der Waals surface area contributed by atoms with E-state index in [4.69, 9.17) is 12.8 Å². The van der Waals surface area contributed by atoms with E-state index in [1.54, 1.807) is 13.8 Å². The molecule has 2 unspecified atom stereocenters. The highest BCUT2D eigenvalue weighted by Gasteiger charge is 2.13. The summed E-state index contributed by atoms with van der Waals surface area (Å²) in [7, 11) is 0. The average Bonchev–Trinajstić information content (AvgIpc) is 2.14. The molecule has 13 heavy (non-hydrogen) atoms. The van der Waals surface area contributed by atoms with Crippen LogP contribution >= 0.6 is 0 Å². The summed E-state index contributed by atoms with van der Waals surface area (Å²) in [6.07, 6.45) is 11.1. The second-order valence-corrected chi connectivity index (χ2v) is 2.45. The molecule has 0 heterocycles. The van der Waals surface area contributed by atoms with Gasteiger partial charge in [0.25, 0.3) is 0 Å². The normalized spacial score (nSPS) is 11.7. The quantitative estimate of drug-likeness (QED) is 0.553. The topological polar surface area (TPSA) is 0 Å². The van der Waals surface area contributed by atoms with E-state index >= 15 is 0 Å². The molecule has 0 radical (unpaired) electrons. The Balaban J connectivity index is 4.65. The largest absolute Gasteiger partial charge is 0.120 e. The summed E-state index contributed by atoms with van der Waals surface area (Å²) in [5, 5.41) is 0. The molecule has 0 rings (SSSR count). The first-order valence-electron chi connectivity index (χ1n) is 4.04. The second kappa shape index (κ2) is 6.92. The second-order valence-electron chi connectivity index (χ2n) is 2.45. The summed E-state index contributed by atoms with van der Waals surface area (Å²) < 4.78 is 0. The third-order valence-electron chi connectivity index (χ3n) is 1.55. The first kappa shape index (κ1) is 11.2. The highest BCUT2D eigenvalue weighted by atomic mass is 14.1. The SMILES string of the molecule is C#CCC(C#CC)C(C#C)C#CC. The third kappa shape index (κ3) is 3.97. The van der Waals surface area contributed by atoms with Crippen molar-refractivity contribution < 1.29 is 0 Å². The average molecular weight is 168 g/mol. The van der Waals surface area contributed by atoms with Crippen LogP contribution in [0.25, 0.3) is 0 Å². The Labute approximate surface area is 81.1 Å². The minimum absolute atomic E-state index is 0.00690. The number of rotatable bonds is 2. The molecule has 0 aromatic rings. The lowest BCUT2D eigenvalue weighted by Crippen LogP contribution is -2.08. The fourth-order valence-electron chi connectivity index (χ4n) is 0.978. The predicted molar refractivity (Wildman–Crippen MR) is 56.2 cm³/mol. The number of terminal acetylenes is 2. The van der Waals surface area contributed by atoms with Crippen LogP contribution < -0.4 is 0 Å². The lowest BCUT2D eigenvalue weighted by Gasteiger charge is -2.08. The molecule has 0 aliphatic rings. The van der Waals surface area contributed by atoms with Gasteiger partial charge in [0.2, 0.25) is 0 Å². The Bertz CT molecular complexity index is 338. The van der Waals surface area contributed by atoms with Crippen LogP contribution in [0.2, 0.25) is 0 Å². The van der Waals surface area contributed by atoms with E-state index in [1.165, 1.54) is 0 Å². The first-order chi connectivity index (χ1) is 6.29. The molecule has 0 heteroatoms. The molecule has 0 spiro atoms. The van der Waals surface area contributed by atoms with Gasteiger partial charge in [-0.15, -0.1) is 30.6 Å². The van der Waals surface area contributed by atoms with Gasteiger partial charge in [-0.1, -0.05) is 17.8 Å². The Kier molecular flexibility index (Phi) is 5.98. The van der Waals surface area contributed by atoms with E-state index in [0.29, 0.717) is 6.42 Å². The first-order valence-corrected chi connectivity index (χ1v) is 4.04. The minimum Gasteiger partial charge on any atom is -0.120 e. The van der Waals surface area contributed by atoms with Crippen LogP contribution in [0.3, 0.4) is 0 Å². The van der Waals surface area contributed by atoms with Gasteiger partial charge in [-0.2, -0.15) is 0 Å². The molecule has 0 fully saturated rings. The van der Waals surface area contributed by atoms with Crippen molar-refractivity contribution in [3.8, 4) is 48.4 Å². The summed E-state index contributed by atoms with van der Waals surface area (Å²) >= 11 is 0. The summed E-state index contributed by atoms with van der Waals surface area (Å²) in [4.78, 5) is 0. The van der Waals surface area contributed by atoms with E-state index in [2.05, 4.69) is 35.5 Å². The van der Waals surface area contributed by atoms with Gasteiger partial charge >= 0.3 is 0 Å². The monoisotopic (exact) mass is 168 g/mol. The zero-order chi connectivity index (χ0) is 10.1. The van der Waals surface area contributed by atoms with Gasteiger partial charge in [-0.25, -0.2) is 0 Å². The fraction of sp³-hybridized carbons (Fsp3) is 0.385. The van der Waals surface area contributed by atoms with Gasteiger partial charge in [0, 0.05) is 6.42 Å². The number of hydrogen-bond donors (Lipinski definition) is 0. The maximum Gasteiger partial charge on any atom is 0.0954 e. The van der Waals surface area contributed by atoms with Crippen molar-refractivity contribution in [3.63, 3.8) is 0 Å². The van der Waals surface area contributed by atoms with Gasteiger partial charge < -0.3 is 0 Å². The number of hydrogen-bond acceptors (Lipinski definition) is 0. The van der Waals surface area contributed by atoms with Crippen LogP contribution in [0.1, 0.15) is 20.3 Å². The molecule has 0 aliphatic carbocycles. The van der Waals surface area contributed by atoms with E-state index in [9.17, 15) is 0 Å². The summed E-state index contributed by atoms with van der Waals surface area (Å²) in [5.74, 6) is 16.5. The van der Waals surface area contributed by atoms with Crippen LogP contribution in [-0.2, 0) is 0 Å². The minimum atomic E-state index is -0.145. The van der Waals surface area contributed by atoms with E-state index < -0.39 is 0 Å². The lowest BCUT2D eigenvalue weighted by molar-refractivity contribution is 0.625. The molecule has 0 aliphatic heterocycles. The fourth-order valence-corrected chi connectivity index (χ4v) is 0.978. The van der Waals surface area contributed by atoms with Crippen LogP contribution in [0.15, 0.2) is 0 Å². The highest BCUT2D eigenvalue weighted by molar-refractivity contribution is 5.22. The summed E-state index contributed by atoms with van der Waals surface area (Å²) in [6, 6.07) is 0. The third-order valence-corrected chi connectivity index (χ3v) is 1.55. The molecule has 0 bridgehead atoms. The van der Waals surface area contributed by atoms with Crippen molar-refractivity contribution in [2.24, 2.45) is 11.8 Å². The molecule has 0 N–H and O–H groups in total. The summed E-state index contributed by atoms with van der Waals surface area (Å²) in [5.41, 5.74) is 0. The maximum atomic E-state index is 5.33. The van der Waals surface area contributed by atoms with Gasteiger partial charge in [-0.3, -0.25) is 0 Å². The van der Waals surface area contributed by atoms with E-state index in [0.717, 1.165) is 0 Å². The van der Waals surface area contributed by atoms with Crippen molar-refractivity contribution in [3.05, 3.63) is 0 Å². The van der Waals surface area contributed by atoms with Crippen molar-refractivity contribution in [1.29, 1.82) is 0 Å². The maximum absolute atomic E-state index is 5.33. The molecular weight excluding hydrogens is 156 g/mol. The van der Waals surface area contributed by atoms with Crippen molar-refractivity contribution >= 4 is 0 Å². The van der Waals surface area contributed by atoms with Crippen molar-refractivity contribution in [2.45, 2.75) is 20.3 Å².